The Hall–Kier alpha value is -1.91. The fraction of sp³-hybridized carbons (Fsp3) is 0.133. The van der Waals surface area contributed by atoms with Crippen LogP contribution in [0.2, 0.25) is 10.0 Å². The summed E-state index contributed by atoms with van der Waals surface area (Å²) in [7, 11) is 0. The number of amides is 1. The normalized spacial score (nSPS) is 10.2. The molecule has 0 aliphatic rings. The molecule has 2 rings (SSSR count). The summed E-state index contributed by atoms with van der Waals surface area (Å²) >= 11 is 12.0. The summed E-state index contributed by atoms with van der Waals surface area (Å²) in [5, 5.41) is 4.35. The molecule has 2 aromatic rings. The van der Waals surface area contributed by atoms with Gasteiger partial charge < -0.3 is 15.8 Å². The Balaban J connectivity index is 1.98. The van der Waals surface area contributed by atoms with E-state index in [0.717, 1.165) is 11.3 Å². The van der Waals surface area contributed by atoms with Gasteiger partial charge in [-0.25, -0.2) is 0 Å². The van der Waals surface area contributed by atoms with Crippen LogP contribution in [0.4, 0.5) is 5.69 Å². The Morgan fingerprint density at radius 1 is 1.19 bits per heavy atom. The van der Waals surface area contributed by atoms with Crippen molar-refractivity contribution in [3.8, 4) is 5.75 Å². The molecule has 3 N–H and O–H groups in total. The first-order chi connectivity index (χ1) is 10.0. The number of carbonyl (C=O) groups excluding carboxylic acids is 1. The molecule has 0 bridgehead atoms. The van der Waals surface area contributed by atoms with Gasteiger partial charge in [-0.1, -0.05) is 35.3 Å². The molecule has 0 atom stereocenters. The molecule has 110 valence electrons. The Morgan fingerprint density at radius 2 is 2.00 bits per heavy atom. The van der Waals surface area contributed by atoms with E-state index in [1.165, 1.54) is 0 Å². The van der Waals surface area contributed by atoms with E-state index in [1.54, 1.807) is 12.1 Å². The Bertz CT molecular complexity index is 647. The number of rotatable bonds is 6. The monoisotopic (exact) mass is 324 g/mol. The van der Waals surface area contributed by atoms with Crippen molar-refractivity contribution >= 4 is 34.8 Å². The summed E-state index contributed by atoms with van der Waals surface area (Å²) in [4.78, 5) is 10.7. The minimum atomic E-state index is -0.544. The zero-order valence-corrected chi connectivity index (χ0v) is 12.6. The first-order valence-electron chi connectivity index (χ1n) is 6.23. The van der Waals surface area contributed by atoms with Crippen LogP contribution in [-0.4, -0.2) is 12.5 Å². The van der Waals surface area contributed by atoms with Crippen molar-refractivity contribution in [2.75, 3.05) is 11.9 Å². The van der Waals surface area contributed by atoms with Gasteiger partial charge in [0.05, 0.1) is 5.02 Å². The van der Waals surface area contributed by atoms with Crippen molar-refractivity contribution in [2.45, 2.75) is 6.54 Å². The van der Waals surface area contributed by atoms with E-state index in [-0.39, 0.29) is 6.61 Å². The molecule has 6 heteroatoms. The van der Waals surface area contributed by atoms with Gasteiger partial charge in [0.15, 0.2) is 6.61 Å². The standard InChI is InChI=1S/C15H14Cl2N2O2/c16-11-2-1-3-12(7-11)19-8-10-4-5-14(13(17)6-10)21-9-15(18)20/h1-7,19H,8-9H2,(H2,18,20). The largest absolute Gasteiger partial charge is 0.482 e. The van der Waals surface area contributed by atoms with Crippen molar-refractivity contribution in [3.63, 3.8) is 0 Å². The average molecular weight is 325 g/mol. The maximum Gasteiger partial charge on any atom is 0.255 e. The molecule has 21 heavy (non-hydrogen) atoms. The SMILES string of the molecule is NC(=O)COc1ccc(CNc2cccc(Cl)c2)cc1Cl. The predicted octanol–water partition coefficient (Wildman–Crippen LogP) is 3.47. The fourth-order valence-electron chi connectivity index (χ4n) is 1.72. The van der Waals surface area contributed by atoms with Crippen LogP contribution in [0.3, 0.4) is 0 Å². The van der Waals surface area contributed by atoms with Crippen LogP contribution in [0.1, 0.15) is 5.56 Å². The number of carbonyl (C=O) groups is 1. The lowest BCUT2D eigenvalue weighted by Crippen LogP contribution is -2.20. The number of nitrogens with two attached hydrogens (primary N) is 1. The molecular formula is C15H14Cl2N2O2. The Labute approximate surface area is 132 Å². The van der Waals surface area contributed by atoms with Gasteiger partial charge in [0.25, 0.3) is 5.91 Å². The van der Waals surface area contributed by atoms with E-state index in [1.807, 2.05) is 30.3 Å². The summed E-state index contributed by atoms with van der Waals surface area (Å²) in [6.45, 7) is 0.399. The van der Waals surface area contributed by atoms with Crippen LogP contribution in [-0.2, 0) is 11.3 Å². The highest BCUT2D eigenvalue weighted by Gasteiger charge is 2.05. The molecule has 1 amide bonds. The minimum absolute atomic E-state index is 0.195. The fourth-order valence-corrected chi connectivity index (χ4v) is 2.17. The molecule has 0 aromatic heterocycles. The molecule has 0 saturated carbocycles. The maximum absolute atomic E-state index is 10.7. The molecule has 0 heterocycles. The number of ether oxygens (including phenoxy) is 1. The zero-order chi connectivity index (χ0) is 15.2. The number of hydrogen-bond donors (Lipinski definition) is 2. The van der Waals surface area contributed by atoms with Gasteiger partial charge in [-0.2, -0.15) is 0 Å². The third-order valence-electron chi connectivity index (χ3n) is 2.69. The smallest absolute Gasteiger partial charge is 0.255 e. The molecule has 0 aliphatic carbocycles. The second-order valence-electron chi connectivity index (χ2n) is 4.38. The number of halogens is 2. The van der Waals surface area contributed by atoms with Crippen LogP contribution < -0.4 is 15.8 Å². The van der Waals surface area contributed by atoms with Gasteiger partial charge >= 0.3 is 0 Å². The number of hydrogen-bond acceptors (Lipinski definition) is 3. The summed E-state index contributed by atoms with van der Waals surface area (Å²) in [6.07, 6.45) is 0. The lowest BCUT2D eigenvalue weighted by atomic mass is 10.2. The third kappa shape index (κ3) is 4.85. The summed E-state index contributed by atoms with van der Waals surface area (Å²) in [5.74, 6) is -0.111. The van der Waals surface area contributed by atoms with Crippen LogP contribution in [0.25, 0.3) is 0 Å². The number of anilines is 1. The molecule has 0 fully saturated rings. The second-order valence-corrected chi connectivity index (χ2v) is 5.23. The van der Waals surface area contributed by atoms with Crippen molar-refractivity contribution in [1.29, 1.82) is 0 Å². The first kappa shape index (κ1) is 15.5. The van der Waals surface area contributed by atoms with Gasteiger partial charge in [0.2, 0.25) is 0 Å². The topological polar surface area (TPSA) is 64.4 Å². The molecule has 0 radical (unpaired) electrons. The Morgan fingerprint density at radius 3 is 2.67 bits per heavy atom. The van der Waals surface area contributed by atoms with Crippen molar-refractivity contribution < 1.29 is 9.53 Å². The van der Waals surface area contributed by atoms with E-state index < -0.39 is 5.91 Å². The average Bonchev–Trinajstić information content (AvgIpc) is 2.44. The zero-order valence-electron chi connectivity index (χ0n) is 11.1. The van der Waals surface area contributed by atoms with Gasteiger partial charge in [0.1, 0.15) is 5.75 Å². The van der Waals surface area contributed by atoms with Gasteiger partial charge in [0, 0.05) is 17.3 Å². The highest BCUT2D eigenvalue weighted by atomic mass is 35.5. The van der Waals surface area contributed by atoms with Crippen molar-refractivity contribution in [2.24, 2.45) is 5.73 Å². The van der Waals surface area contributed by atoms with E-state index in [0.29, 0.717) is 22.3 Å². The van der Waals surface area contributed by atoms with Crippen molar-refractivity contribution in [3.05, 3.63) is 58.1 Å². The number of nitrogens with one attached hydrogen (secondary N) is 1. The first-order valence-corrected chi connectivity index (χ1v) is 6.99. The lowest BCUT2D eigenvalue weighted by molar-refractivity contribution is -0.119. The van der Waals surface area contributed by atoms with Crippen LogP contribution in [0.15, 0.2) is 42.5 Å². The maximum atomic E-state index is 10.7. The summed E-state index contributed by atoms with van der Waals surface area (Å²) in [5.41, 5.74) is 6.92. The number of primary amides is 1. The molecule has 4 nitrogen and oxygen atoms in total. The molecule has 0 unspecified atom stereocenters. The van der Waals surface area contributed by atoms with Crippen LogP contribution >= 0.6 is 23.2 Å². The molecule has 2 aromatic carbocycles. The Kier molecular flexibility index (Phi) is 5.31. The molecule has 0 aliphatic heterocycles. The molecular weight excluding hydrogens is 311 g/mol. The van der Waals surface area contributed by atoms with Crippen LogP contribution in [0.5, 0.6) is 5.75 Å². The van der Waals surface area contributed by atoms with E-state index in [4.69, 9.17) is 33.7 Å². The van der Waals surface area contributed by atoms with E-state index in [2.05, 4.69) is 5.32 Å². The second kappa shape index (κ2) is 7.20. The highest BCUT2D eigenvalue weighted by molar-refractivity contribution is 6.32. The quantitative estimate of drug-likeness (QED) is 0.855. The van der Waals surface area contributed by atoms with Gasteiger partial charge in [-0.3, -0.25) is 4.79 Å². The van der Waals surface area contributed by atoms with Crippen molar-refractivity contribution in [1.82, 2.24) is 0 Å². The third-order valence-corrected chi connectivity index (χ3v) is 3.22. The number of benzene rings is 2. The summed E-state index contributed by atoms with van der Waals surface area (Å²) in [6, 6.07) is 12.8. The predicted molar refractivity (Wildman–Crippen MR) is 84.9 cm³/mol. The minimum Gasteiger partial charge on any atom is -0.482 e. The van der Waals surface area contributed by atoms with E-state index >= 15 is 0 Å². The van der Waals surface area contributed by atoms with Gasteiger partial charge in [-0.05, 0) is 35.9 Å². The molecule has 0 saturated heterocycles. The molecule has 0 spiro atoms. The van der Waals surface area contributed by atoms with E-state index in [9.17, 15) is 4.79 Å². The summed E-state index contributed by atoms with van der Waals surface area (Å²) < 4.78 is 5.19. The van der Waals surface area contributed by atoms with Gasteiger partial charge in [-0.15, -0.1) is 0 Å². The lowest BCUT2D eigenvalue weighted by Gasteiger charge is -2.10. The highest BCUT2D eigenvalue weighted by Crippen LogP contribution is 2.26. The van der Waals surface area contributed by atoms with Crippen LogP contribution in [0, 0.1) is 0 Å².